The molecule has 1 heterocycles. The Hall–Kier alpha value is -2.35. The molecule has 5 nitrogen and oxygen atoms in total. The molecule has 2 amide bonds. The molecule has 0 radical (unpaired) electrons. The van der Waals surface area contributed by atoms with E-state index in [1.165, 1.54) is 4.90 Å². The summed E-state index contributed by atoms with van der Waals surface area (Å²) in [5.74, 6) is -0.270. The first-order valence-corrected chi connectivity index (χ1v) is 6.08. The summed E-state index contributed by atoms with van der Waals surface area (Å²) < 4.78 is 0. The number of nitrogens with zero attached hydrogens (tertiary/aromatic N) is 3. The molecule has 19 heavy (non-hydrogen) atoms. The summed E-state index contributed by atoms with van der Waals surface area (Å²) in [6.45, 7) is 2.51. The Bertz CT molecular complexity index is 562. The van der Waals surface area contributed by atoms with Gasteiger partial charge in [0, 0.05) is 25.2 Å². The highest BCUT2D eigenvalue weighted by atomic mass is 16.2. The van der Waals surface area contributed by atoms with Crippen molar-refractivity contribution in [1.29, 1.82) is 5.26 Å². The van der Waals surface area contributed by atoms with Crippen LogP contribution in [-0.4, -0.2) is 47.8 Å². The quantitative estimate of drug-likeness (QED) is 0.749. The van der Waals surface area contributed by atoms with Gasteiger partial charge in [-0.2, -0.15) is 5.26 Å². The van der Waals surface area contributed by atoms with E-state index >= 15 is 0 Å². The van der Waals surface area contributed by atoms with Crippen molar-refractivity contribution in [2.24, 2.45) is 0 Å². The second kappa shape index (κ2) is 5.11. The molecular weight excluding hydrogens is 242 g/mol. The average molecular weight is 257 g/mol. The third kappa shape index (κ3) is 2.58. The molecule has 0 saturated carbocycles. The predicted molar refractivity (Wildman–Crippen MR) is 69.3 cm³/mol. The summed E-state index contributed by atoms with van der Waals surface area (Å²) in [7, 11) is 1.74. The van der Waals surface area contributed by atoms with Crippen molar-refractivity contribution < 1.29 is 9.59 Å². The molecule has 0 N–H and O–H groups in total. The van der Waals surface area contributed by atoms with Crippen LogP contribution in [0.15, 0.2) is 24.3 Å². The van der Waals surface area contributed by atoms with Crippen LogP contribution in [0.3, 0.4) is 0 Å². The summed E-state index contributed by atoms with van der Waals surface area (Å²) >= 11 is 0. The molecule has 1 aromatic rings. The zero-order valence-electron chi connectivity index (χ0n) is 11.0. The Balaban J connectivity index is 2.20. The van der Waals surface area contributed by atoms with Crippen molar-refractivity contribution in [2.75, 3.05) is 20.1 Å². The SMILES string of the molecule is CC1CN(C(=O)c2cccc(C#N)c2)CC(=O)N1C. The molecule has 0 aromatic heterocycles. The van der Waals surface area contributed by atoms with Crippen LogP contribution in [-0.2, 0) is 4.79 Å². The molecule has 0 aliphatic carbocycles. The number of nitriles is 1. The topological polar surface area (TPSA) is 64.4 Å². The maximum Gasteiger partial charge on any atom is 0.254 e. The van der Waals surface area contributed by atoms with E-state index in [9.17, 15) is 9.59 Å². The van der Waals surface area contributed by atoms with Crippen LogP contribution in [0.4, 0.5) is 0 Å². The maximum atomic E-state index is 12.3. The van der Waals surface area contributed by atoms with Crippen LogP contribution in [0.5, 0.6) is 0 Å². The van der Waals surface area contributed by atoms with E-state index in [2.05, 4.69) is 0 Å². The molecule has 1 aliphatic heterocycles. The smallest absolute Gasteiger partial charge is 0.254 e. The Morgan fingerprint density at radius 2 is 2.21 bits per heavy atom. The van der Waals surface area contributed by atoms with Gasteiger partial charge < -0.3 is 9.80 Å². The zero-order valence-corrected chi connectivity index (χ0v) is 11.0. The second-order valence-electron chi connectivity index (χ2n) is 4.73. The molecule has 1 aromatic carbocycles. The van der Waals surface area contributed by atoms with Gasteiger partial charge in [-0.3, -0.25) is 9.59 Å². The van der Waals surface area contributed by atoms with Crippen molar-refractivity contribution in [3.05, 3.63) is 35.4 Å². The number of hydrogen-bond acceptors (Lipinski definition) is 3. The van der Waals surface area contributed by atoms with Gasteiger partial charge in [-0.1, -0.05) is 6.07 Å². The Kier molecular flexibility index (Phi) is 3.52. The summed E-state index contributed by atoms with van der Waals surface area (Å²) in [5.41, 5.74) is 0.892. The van der Waals surface area contributed by atoms with E-state index in [1.54, 1.807) is 36.2 Å². The number of amides is 2. The minimum Gasteiger partial charge on any atom is -0.340 e. The first-order valence-electron chi connectivity index (χ1n) is 6.08. The molecule has 1 aliphatic rings. The van der Waals surface area contributed by atoms with Gasteiger partial charge in [0.2, 0.25) is 5.91 Å². The van der Waals surface area contributed by atoms with Crippen LogP contribution in [0.25, 0.3) is 0 Å². The largest absolute Gasteiger partial charge is 0.340 e. The van der Waals surface area contributed by atoms with E-state index in [4.69, 9.17) is 5.26 Å². The lowest BCUT2D eigenvalue weighted by atomic mass is 10.1. The number of benzene rings is 1. The Morgan fingerprint density at radius 1 is 1.47 bits per heavy atom. The number of rotatable bonds is 1. The Labute approximate surface area is 112 Å². The minimum absolute atomic E-state index is 0.00403. The predicted octanol–water partition coefficient (Wildman–Crippen LogP) is 0.861. The standard InChI is InChI=1S/C14H15N3O2/c1-10-8-17(9-13(18)16(10)2)14(19)12-5-3-4-11(6-12)7-15/h3-6,10H,8-9H2,1-2H3. The molecule has 5 heteroatoms. The lowest BCUT2D eigenvalue weighted by Gasteiger charge is -2.37. The van der Waals surface area contributed by atoms with Crippen LogP contribution in [0.1, 0.15) is 22.8 Å². The Morgan fingerprint density at radius 3 is 2.84 bits per heavy atom. The van der Waals surface area contributed by atoms with Gasteiger partial charge in [0.1, 0.15) is 6.54 Å². The van der Waals surface area contributed by atoms with Crippen LogP contribution in [0.2, 0.25) is 0 Å². The lowest BCUT2D eigenvalue weighted by molar-refractivity contribution is -0.136. The third-order valence-electron chi connectivity index (χ3n) is 3.39. The summed E-state index contributed by atoms with van der Waals surface area (Å²) in [6.07, 6.45) is 0. The fraction of sp³-hybridized carbons (Fsp3) is 0.357. The van der Waals surface area contributed by atoms with Gasteiger partial charge in [-0.25, -0.2) is 0 Å². The highest BCUT2D eigenvalue weighted by Crippen LogP contribution is 2.13. The van der Waals surface area contributed by atoms with Gasteiger partial charge in [0.05, 0.1) is 11.6 Å². The van der Waals surface area contributed by atoms with Crippen molar-refractivity contribution in [3.63, 3.8) is 0 Å². The van der Waals surface area contributed by atoms with Crippen molar-refractivity contribution in [3.8, 4) is 6.07 Å². The number of carbonyl (C=O) groups is 2. The first kappa shape index (κ1) is 13.1. The number of hydrogen-bond donors (Lipinski definition) is 0. The highest BCUT2D eigenvalue weighted by molar-refractivity contribution is 5.97. The van der Waals surface area contributed by atoms with Crippen molar-refractivity contribution in [2.45, 2.75) is 13.0 Å². The van der Waals surface area contributed by atoms with Gasteiger partial charge in [0.15, 0.2) is 0 Å². The van der Waals surface area contributed by atoms with Crippen molar-refractivity contribution >= 4 is 11.8 Å². The highest BCUT2D eigenvalue weighted by Gasteiger charge is 2.30. The fourth-order valence-electron chi connectivity index (χ4n) is 2.09. The second-order valence-corrected chi connectivity index (χ2v) is 4.73. The van der Waals surface area contributed by atoms with E-state index in [0.29, 0.717) is 17.7 Å². The van der Waals surface area contributed by atoms with E-state index in [1.807, 2.05) is 13.0 Å². The van der Waals surface area contributed by atoms with Crippen LogP contribution in [0, 0.1) is 11.3 Å². The molecule has 98 valence electrons. The van der Waals surface area contributed by atoms with E-state index in [-0.39, 0.29) is 24.4 Å². The van der Waals surface area contributed by atoms with E-state index < -0.39 is 0 Å². The monoisotopic (exact) mass is 257 g/mol. The van der Waals surface area contributed by atoms with Crippen LogP contribution >= 0.6 is 0 Å². The molecule has 1 saturated heterocycles. The van der Waals surface area contributed by atoms with Gasteiger partial charge in [0.25, 0.3) is 5.91 Å². The molecule has 0 bridgehead atoms. The fourth-order valence-corrected chi connectivity index (χ4v) is 2.09. The van der Waals surface area contributed by atoms with Gasteiger partial charge >= 0.3 is 0 Å². The molecular formula is C14H15N3O2. The number of likely N-dealkylation sites (N-methyl/N-ethyl adjacent to an activating group) is 1. The number of carbonyl (C=O) groups excluding carboxylic acids is 2. The lowest BCUT2D eigenvalue weighted by Crippen LogP contribution is -2.55. The third-order valence-corrected chi connectivity index (χ3v) is 3.39. The number of piperazine rings is 1. The normalized spacial score (nSPS) is 19.2. The average Bonchev–Trinajstić information content (AvgIpc) is 2.43. The molecule has 0 spiro atoms. The van der Waals surface area contributed by atoms with Gasteiger partial charge in [-0.05, 0) is 25.1 Å². The van der Waals surface area contributed by atoms with Crippen molar-refractivity contribution in [1.82, 2.24) is 9.80 Å². The van der Waals surface area contributed by atoms with Crippen LogP contribution < -0.4 is 0 Å². The first-order chi connectivity index (χ1) is 9.02. The molecule has 1 unspecified atom stereocenters. The molecule has 2 rings (SSSR count). The summed E-state index contributed by atoms with van der Waals surface area (Å²) in [5, 5.41) is 8.84. The summed E-state index contributed by atoms with van der Waals surface area (Å²) in [4.78, 5) is 27.2. The minimum atomic E-state index is -0.203. The zero-order chi connectivity index (χ0) is 14.0. The summed E-state index contributed by atoms with van der Waals surface area (Å²) in [6, 6.07) is 8.54. The van der Waals surface area contributed by atoms with E-state index in [0.717, 1.165) is 0 Å². The maximum absolute atomic E-state index is 12.3. The molecule has 1 atom stereocenters. The molecule has 1 fully saturated rings. The van der Waals surface area contributed by atoms with Gasteiger partial charge in [-0.15, -0.1) is 0 Å².